The van der Waals surface area contributed by atoms with E-state index in [-0.39, 0.29) is 11.8 Å². The highest BCUT2D eigenvalue weighted by molar-refractivity contribution is 8.01. The number of aromatic nitrogens is 2. The first-order chi connectivity index (χ1) is 10.7. The number of benzene rings is 1. The quantitative estimate of drug-likeness (QED) is 0.671. The van der Waals surface area contributed by atoms with Gasteiger partial charge in [0.2, 0.25) is 5.91 Å². The van der Waals surface area contributed by atoms with Gasteiger partial charge in [0.05, 0.1) is 5.92 Å². The Bertz CT molecular complexity index is 660. The molecule has 116 valence electrons. The fraction of sp³-hybridized carbons (Fsp3) is 0.400. The monoisotopic (exact) mass is 335 g/mol. The third-order valence-corrected chi connectivity index (χ3v) is 5.36. The first-order valence-corrected chi connectivity index (χ1v) is 8.94. The summed E-state index contributed by atoms with van der Waals surface area (Å²) in [5.41, 5.74) is 1.10. The van der Waals surface area contributed by atoms with Crippen LogP contribution >= 0.6 is 23.1 Å². The Hall–Kier alpha value is -1.60. The molecule has 1 N–H and O–H groups in total. The van der Waals surface area contributed by atoms with Crippen LogP contribution in [0.2, 0.25) is 0 Å². The number of carbonyl (C=O) groups is 1. The Morgan fingerprint density at radius 2 is 2.32 bits per heavy atom. The Balaban J connectivity index is 1.43. The molecule has 1 amide bonds. The molecule has 22 heavy (non-hydrogen) atoms. The lowest BCUT2D eigenvalue weighted by molar-refractivity contribution is -0.126. The fourth-order valence-corrected chi connectivity index (χ4v) is 4.03. The number of amides is 1. The smallest absolute Gasteiger partial charge is 0.226 e. The molecule has 1 aromatic carbocycles. The summed E-state index contributed by atoms with van der Waals surface area (Å²) in [4.78, 5) is 12.2. The van der Waals surface area contributed by atoms with E-state index in [0.717, 1.165) is 32.8 Å². The molecular formula is C15H17N3O2S2. The average molecular weight is 335 g/mol. The van der Waals surface area contributed by atoms with Gasteiger partial charge in [-0.15, -0.1) is 10.2 Å². The molecule has 0 radical (unpaired) electrons. The molecule has 0 saturated heterocycles. The van der Waals surface area contributed by atoms with Gasteiger partial charge in [-0.25, -0.2) is 0 Å². The van der Waals surface area contributed by atoms with E-state index in [1.807, 2.05) is 31.2 Å². The van der Waals surface area contributed by atoms with Crippen LogP contribution in [0.1, 0.15) is 10.6 Å². The maximum Gasteiger partial charge on any atom is 0.226 e. The van der Waals surface area contributed by atoms with Gasteiger partial charge >= 0.3 is 0 Å². The molecule has 1 aliphatic heterocycles. The first kappa shape index (κ1) is 15.3. The van der Waals surface area contributed by atoms with E-state index in [4.69, 9.17) is 4.74 Å². The van der Waals surface area contributed by atoms with Crippen molar-refractivity contribution in [1.82, 2.24) is 15.5 Å². The molecule has 1 aromatic heterocycles. The molecule has 0 bridgehead atoms. The highest BCUT2D eigenvalue weighted by Gasteiger charge is 2.25. The summed E-state index contributed by atoms with van der Waals surface area (Å²) in [5, 5.41) is 12.0. The zero-order valence-electron chi connectivity index (χ0n) is 12.2. The van der Waals surface area contributed by atoms with E-state index in [0.29, 0.717) is 13.2 Å². The number of rotatable bonds is 5. The molecule has 1 atom stereocenters. The number of nitrogens with zero attached hydrogens (tertiary/aromatic N) is 2. The van der Waals surface area contributed by atoms with Crippen molar-refractivity contribution in [2.45, 2.75) is 17.7 Å². The second-order valence-electron chi connectivity index (χ2n) is 5.05. The van der Waals surface area contributed by atoms with Crippen molar-refractivity contribution in [3.63, 3.8) is 0 Å². The van der Waals surface area contributed by atoms with Crippen LogP contribution in [0, 0.1) is 12.8 Å². The van der Waals surface area contributed by atoms with E-state index in [9.17, 15) is 4.79 Å². The Labute approximate surface area is 137 Å². The third kappa shape index (κ3) is 3.78. The number of nitrogens with one attached hydrogen (secondary N) is 1. The van der Waals surface area contributed by atoms with Crippen molar-refractivity contribution >= 4 is 29.0 Å². The SMILES string of the molecule is Cc1nnc(SCCNC(=O)[C@H]2COc3ccccc3C2)s1. The van der Waals surface area contributed by atoms with Crippen LogP contribution in [0.15, 0.2) is 28.6 Å². The molecule has 0 spiro atoms. The fourth-order valence-electron chi connectivity index (χ4n) is 2.29. The van der Waals surface area contributed by atoms with Crippen LogP contribution in [0.3, 0.4) is 0 Å². The van der Waals surface area contributed by atoms with E-state index < -0.39 is 0 Å². The molecule has 5 nitrogen and oxygen atoms in total. The normalized spacial score (nSPS) is 16.7. The van der Waals surface area contributed by atoms with Crippen molar-refractivity contribution < 1.29 is 9.53 Å². The zero-order valence-corrected chi connectivity index (χ0v) is 13.9. The van der Waals surface area contributed by atoms with Gasteiger partial charge in [-0.3, -0.25) is 4.79 Å². The van der Waals surface area contributed by atoms with Gasteiger partial charge < -0.3 is 10.1 Å². The number of ether oxygens (including phenoxy) is 1. The van der Waals surface area contributed by atoms with E-state index >= 15 is 0 Å². The summed E-state index contributed by atoms with van der Waals surface area (Å²) < 4.78 is 6.60. The number of carbonyl (C=O) groups excluding carboxylic acids is 1. The lowest BCUT2D eigenvalue weighted by Gasteiger charge is -2.24. The number of para-hydroxylation sites is 1. The van der Waals surface area contributed by atoms with E-state index in [1.165, 1.54) is 0 Å². The second-order valence-corrected chi connectivity index (χ2v) is 7.57. The number of aryl methyl sites for hydroxylation is 1. The van der Waals surface area contributed by atoms with Crippen LogP contribution < -0.4 is 10.1 Å². The number of hydrogen-bond donors (Lipinski definition) is 1. The molecule has 0 aliphatic carbocycles. The molecular weight excluding hydrogens is 318 g/mol. The van der Waals surface area contributed by atoms with Gasteiger partial charge in [-0.05, 0) is 25.0 Å². The Kier molecular flexibility index (Phi) is 4.94. The molecule has 0 saturated carbocycles. The van der Waals surface area contributed by atoms with Crippen molar-refractivity contribution in [3.8, 4) is 5.75 Å². The van der Waals surface area contributed by atoms with Gasteiger partial charge in [0.1, 0.15) is 17.4 Å². The molecule has 2 heterocycles. The van der Waals surface area contributed by atoms with Gasteiger partial charge in [0, 0.05) is 12.3 Å². The first-order valence-electron chi connectivity index (χ1n) is 7.13. The van der Waals surface area contributed by atoms with Gasteiger partial charge in [0.15, 0.2) is 4.34 Å². The van der Waals surface area contributed by atoms with Crippen LogP contribution in [0.25, 0.3) is 0 Å². The minimum atomic E-state index is -0.108. The summed E-state index contributed by atoms with van der Waals surface area (Å²) >= 11 is 3.19. The number of fused-ring (bicyclic) bond motifs is 1. The van der Waals surface area contributed by atoms with Gasteiger partial charge in [0.25, 0.3) is 0 Å². The maximum absolute atomic E-state index is 12.2. The van der Waals surface area contributed by atoms with Crippen LogP contribution in [0.5, 0.6) is 5.75 Å². The number of thioether (sulfide) groups is 1. The van der Waals surface area contributed by atoms with E-state index in [2.05, 4.69) is 15.5 Å². The highest BCUT2D eigenvalue weighted by atomic mass is 32.2. The minimum absolute atomic E-state index is 0.0588. The number of hydrogen-bond acceptors (Lipinski definition) is 6. The van der Waals surface area contributed by atoms with Crippen molar-refractivity contribution in [2.75, 3.05) is 18.9 Å². The lowest BCUT2D eigenvalue weighted by atomic mass is 9.96. The summed E-state index contributed by atoms with van der Waals surface area (Å²) in [5.74, 6) is 1.64. The lowest BCUT2D eigenvalue weighted by Crippen LogP contribution is -2.38. The maximum atomic E-state index is 12.2. The Morgan fingerprint density at radius 1 is 1.45 bits per heavy atom. The van der Waals surface area contributed by atoms with Gasteiger partial charge in [-0.2, -0.15) is 0 Å². The summed E-state index contributed by atoms with van der Waals surface area (Å²) in [6.07, 6.45) is 0.741. The molecule has 0 unspecified atom stereocenters. The van der Waals surface area contributed by atoms with Gasteiger partial charge in [-0.1, -0.05) is 41.3 Å². The third-order valence-electron chi connectivity index (χ3n) is 3.38. The van der Waals surface area contributed by atoms with Crippen LogP contribution in [-0.2, 0) is 11.2 Å². The molecule has 7 heteroatoms. The Morgan fingerprint density at radius 3 is 3.14 bits per heavy atom. The molecule has 3 rings (SSSR count). The standard InChI is InChI=1S/C15H17N3O2S2/c1-10-17-18-15(22-10)21-7-6-16-14(19)12-8-11-4-2-3-5-13(11)20-9-12/h2-5,12H,6-9H2,1H3,(H,16,19)/t12-/m1/s1. The topological polar surface area (TPSA) is 64.1 Å². The predicted octanol–water partition coefficient (Wildman–Crippen LogP) is 2.31. The largest absolute Gasteiger partial charge is 0.492 e. The van der Waals surface area contributed by atoms with Crippen molar-refractivity contribution in [1.29, 1.82) is 0 Å². The summed E-state index contributed by atoms with van der Waals surface area (Å²) in [7, 11) is 0. The average Bonchev–Trinajstić information content (AvgIpc) is 2.96. The molecule has 2 aromatic rings. The van der Waals surface area contributed by atoms with Crippen LogP contribution in [0.4, 0.5) is 0 Å². The molecule has 1 aliphatic rings. The molecule has 0 fully saturated rings. The highest BCUT2D eigenvalue weighted by Crippen LogP contribution is 2.27. The van der Waals surface area contributed by atoms with Crippen molar-refractivity contribution in [2.24, 2.45) is 5.92 Å². The zero-order chi connectivity index (χ0) is 15.4. The summed E-state index contributed by atoms with van der Waals surface area (Å²) in [6.45, 7) is 3.01. The minimum Gasteiger partial charge on any atom is -0.492 e. The summed E-state index contributed by atoms with van der Waals surface area (Å²) in [6, 6.07) is 7.89. The van der Waals surface area contributed by atoms with Crippen molar-refractivity contribution in [3.05, 3.63) is 34.8 Å². The van der Waals surface area contributed by atoms with Crippen LogP contribution in [-0.4, -0.2) is 35.0 Å². The predicted molar refractivity (Wildman–Crippen MR) is 87.5 cm³/mol. The van der Waals surface area contributed by atoms with E-state index in [1.54, 1.807) is 23.1 Å². The second kappa shape index (κ2) is 7.11.